The number of fused-ring (bicyclic) bond motifs is 1. The summed E-state index contributed by atoms with van der Waals surface area (Å²) in [6.45, 7) is 2.24. The molecule has 2 atom stereocenters. The summed E-state index contributed by atoms with van der Waals surface area (Å²) >= 11 is 0. The Labute approximate surface area is 239 Å². The molecule has 1 aliphatic carbocycles. The fourth-order valence-corrected chi connectivity index (χ4v) is 6.78. The zero-order valence-electron chi connectivity index (χ0n) is 22.8. The van der Waals surface area contributed by atoms with E-state index in [1.54, 1.807) is 4.90 Å². The highest BCUT2D eigenvalue weighted by Crippen LogP contribution is 2.34. The van der Waals surface area contributed by atoms with Gasteiger partial charge in [-0.05, 0) is 49.8 Å². The number of likely N-dealkylation sites (tertiary alicyclic amines) is 1. The Balaban J connectivity index is 1.45. The van der Waals surface area contributed by atoms with Crippen molar-refractivity contribution in [1.29, 1.82) is 0 Å². The average Bonchev–Trinajstić information content (AvgIpc) is 3.44. The molecule has 1 saturated carbocycles. The SMILES string of the molecule is CC(=O)N1CC[C@@H](n2c(=O)c(-c3c(F)ccc(NS(=O)(=O)N4CC[C@@H](F)C4)c3F)cc3cnc(NCC4CC4)nc32)C1. The molecule has 0 radical (unpaired) electrons. The maximum atomic E-state index is 15.9. The molecule has 2 N–H and O–H groups in total. The van der Waals surface area contributed by atoms with E-state index in [1.807, 2.05) is 0 Å². The molecular formula is C27H30F3N7O4S. The van der Waals surface area contributed by atoms with Crippen LogP contribution in [0.3, 0.4) is 0 Å². The van der Waals surface area contributed by atoms with Crippen LogP contribution in [0.1, 0.15) is 38.6 Å². The number of halogens is 3. The number of aromatic nitrogens is 3. The lowest BCUT2D eigenvalue weighted by molar-refractivity contribution is -0.127. The lowest BCUT2D eigenvalue weighted by Crippen LogP contribution is -2.34. The second-order valence-electron chi connectivity index (χ2n) is 11.1. The fourth-order valence-electron chi connectivity index (χ4n) is 5.51. The van der Waals surface area contributed by atoms with Crippen LogP contribution in [0.4, 0.5) is 24.8 Å². The number of carbonyl (C=O) groups is 1. The number of pyridine rings is 1. The Bertz CT molecular complexity index is 1730. The van der Waals surface area contributed by atoms with Gasteiger partial charge >= 0.3 is 10.2 Å². The number of alkyl halides is 1. The summed E-state index contributed by atoms with van der Waals surface area (Å²) in [5, 5.41) is 3.50. The summed E-state index contributed by atoms with van der Waals surface area (Å²) in [7, 11) is -4.34. The number of hydrogen-bond donors (Lipinski definition) is 2. The van der Waals surface area contributed by atoms with Crippen molar-refractivity contribution in [2.75, 3.05) is 42.8 Å². The standard InChI is InChI=1S/C27H30F3N7O4S/c1-15(38)35-8-7-19(14-35)37-25-17(12-32-27(33-25)31-11-16-2-3-16)10-20(26(37)39)23-21(29)4-5-22(24(23)30)34-42(40,41)36-9-6-18(28)13-36/h4-5,10,12,16,18-19,34H,2-3,6-9,11,13-14H2,1H3,(H,31,32,33)/t18-,19-/m1/s1. The third-order valence-corrected chi connectivity index (χ3v) is 9.51. The maximum absolute atomic E-state index is 15.9. The van der Waals surface area contributed by atoms with Crippen LogP contribution in [-0.2, 0) is 15.0 Å². The molecule has 3 aliphatic rings. The molecule has 1 aromatic carbocycles. The third kappa shape index (κ3) is 5.42. The summed E-state index contributed by atoms with van der Waals surface area (Å²) in [6.07, 6.45) is 2.77. The Morgan fingerprint density at radius 2 is 1.90 bits per heavy atom. The van der Waals surface area contributed by atoms with Crippen LogP contribution in [0.5, 0.6) is 0 Å². The van der Waals surface area contributed by atoms with Crippen molar-refractivity contribution in [2.24, 2.45) is 5.92 Å². The zero-order valence-corrected chi connectivity index (χ0v) is 23.6. The second-order valence-corrected chi connectivity index (χ2v) is 12.7. The van der Waals surface area contributed by atoms with Gasteiger partial charge in [0.2, 0.25) is 11.9 Å². The molecule has 3 fully saturated rings. The van der Waals surface area contributed by atoms with Crippen molar-refractivity contribution in [3.05, 3.63) is 46.4 Å². The maximum Gasteiger partial charge on any atom is 0.301 e. The van der Waals surface area contributed by atoms with Crippen LogP contribution >= 0.6 is 0 Å². The lowest BCUT2D eigenvalue weighted by Gasteiger charge is -2.20. The van der Waals surface area contributed by atoms with Crippen LogP contribution in [0.15, 0.2) is 29.2 Å². The molecule has 6 rings (SSSR count). The molecule has 0 unspecified atom stereocenters. The van der Waals surface area contributed by atoms with E-state index in [4.69, 9.17) is 0 Å². The first-order valence-corrected chi connectivity index (χ1v) is 15.3. The Kier molecular flexibility index (Phi) is 7.33. The molecule has 2 saturated heterocycles. The number of carbonyl (C=O) groups excluding carboxylic acids is 1. The van der Waals surface area contributed by atoms with E-state index in [1.165, 1.54) is 23.8 Å². The molecule has 42 heavy (non-hydrogen) atoms. The Morgan fingerprint density at radius 3 is 2.57 bits per heavy atom. The summed E-state index contributed by atoms with van der Waals surface area (Å²) < 4.78 is 74.7. The van der Waals surface area contributed by atoms with Gasteiger partial charge in [-0.15, -0.1) is 0 Å². The molecule has 224 valence electrons. The molecule has 0 spiro atoms. The first kappa shape index (κ1) is 28.4. The van der Waals surface area contributed by atoms with Gasteiger partial charge in [0.25, 0.3) is 5.56 Å². The second kappa shape index (κ2) is 10.8. The monoisotopic (exact) mass is 605 g/mol. The van der Waals surface area contributed by atoms with Crippen molar-refractivity contribution in [3.8, 4) is 11.1 Å². The predicted molar refractivity (Wildman–Crippen MR) is 150 cm³/mol. The summed E-state index contributed by atoms with van der Waals surface area (Å²) in [5.41, 5.74) is -2.16. The highest BCUT2D eigenvalue weighted by atomic mass is 32.2. The van der Waals surface area contributed by atoms with Crippen LogP contribution in [0.2, 0.25) is 0 Å². The zero-order chi connectivity index (χ0) is 29.8. The summed E-state index contributed by atoms with van der Waals surface area (Å²) in [4.78, 5) is 36.6. The van der Waals surface area contributed by atoms with E-state index < -0.39 is 50.9 Å². The fraction of sp³-hybridized carbons (Fsp3) is 0.481. The van der Waals surface area contributed by atoms with Crippen LogP contribution in [0.25, 0.3) is 22.2 Å². The van der Waals surface area contributed by atoms with Crippen molar-refractivity contribution >= 4 is 38.8 Å². The smallest absolute Gasteiger partial charge is 0.301 e. The Morgan fingerprint density at radius 1 is 1.12 bits per heavy atom. The van der Waals surface area contributed by atoms with Crippen molar-refractivity contribution in [3.63, 3.8) is 0 Å². The number of hydrogen-bond acceptors (Lipinski definition) is 7. The quantitative estimate of drug-likeness (QED) is 0.404. The first-order valence-electron chi connectivity index (χ1n) is 13.8. The van der Waals surface area contributed by atoms with Crippen LogP contribution in [-0.4, -0.2) is 77.0 Å². The minimum Gasteiger partial charge on any atom is -0.354 e. The number of nitrogens with zero attached hydrogens (tertiary/aromatic N) is 5. The van der Waals surface area contributed by atoms with Gasteiger partial charge < -0.3 is 10.2 Å². The highest BCUT2D eigenvalue weighted by Gasteiger charge is 2.34. The summed E-state index contributed by atoms with van der Waals surface area (Å²) in [6, 6.07) is 2.54. The van der Waals surface area contributed by atoms with Gasteiger partial charge in [0.05, 0.1) is 22.9 Å². The van der Waals surface area contributed by atoms with Gasteiger partial charge in [-0.3, -0.25) is 18.9 Å². The van der Waals surface area contributed by atoms with Gasteiger partial charge in [-0.25, -0.2) is 18.2 Å². The number of benzene rings is 1. The molecule has 15 heteroatoms. The molecule has 4 heterocycles. The van der Waals surface area contributed by atoms with E-state index in [0.29, 0.717) is 36.8 Å². The molecule has 1 amide bonds. The molecule has 11 nitrogen and oxygen atoms in total. The first-order chi connectivity index (χ1) is 20.0. The molecule has 3 aromatic rings. The number of anilines is 2. The van der Waals surface area contributed by atoms with Gasteiger partial charge in [0.15, 0.2) is 5.82 Å². The largest absolute Gasteiger partial charge is 0.354 e. The predicted octanol–water partition coefficient (Wildman–Crippen LogP) is 3.05. The van der Waals surface area contributed by atoms with Gasteiger partial charge in [0, 0.05) is 51.2 Å². The molecule has 2 aliphatic heterocycles. The minimum absolute atomic E-state index is 0.0107. The molecular weight excluding hydrogens is 575 g/mol. The molecule has 0 bridgehead atoms. The van der Waals surface area contributed by atoms with Gasteiger partial charge in [0.1, 0.15) is 17.6 Å². The van der Waals surface area contributed by atoms with Crippen LogP contribution < -0.4 is 15.6 Å². The van der Waals surface area contributed by atoms with Crippen molar-refractivity contribution in [1.82, 2.24) is 23.7 Å². The highest BCUT2D eigenvalue weighted by molar-refractivity contribution is 7.90. The third-order valence-electron chi connectivity index (χ3n) is 8.03. The van der Waals surface area contributed by atoms with E-state index in [0.717, 1.165) is 29.3 Å². The number of nitrogens with one attached hydrogen (secondary N) is 2. The average molecular weight is 606 g/mol. The lowest BCUT2D eigenvalue weighted by atomic mass is 10.0. The van der Waals surface area contributed by atoms with E-state index in [-0.39, 0.29) is 43.2 Å². The van der Waals surface area contributed by atoms with Crippen molar-refractivity contribution < 1.29 is 26.4 Å². The Hall–Kier alpha value is -3.72. The normalized spacial score (nSPS) is 21.3. The topological polar surface area (TPSA) is 130 Å². The number of rotatable bonds is 8. The summed E-state index contributed by atoms with van der Waals surface area (Å²) in [5.74, 6) is -1.70. The van der Waals surface area contributed by atoms with Gasteiger partial charge in [-0.1, -0.05) is 0 Å². The van der Waals surface area contributed by atoms with Crippen molar-refractivity contribution in [2.45, 2.75) is 44.8 Å². The number of amides is 1. The van der Waals surface area contributed by atoms with Crippen LogP contribution in [0, 0.1) is 17.6 Å². The van der Waals surface area contributed by atoms with Gasteiger partial charge in [-0.2, -0.15) is 17.7 Å². The molecule has 2 aromatic heterocycles. The van der Waals surface area contributed by atoms with E-state index in [2.05, 4.69) is 20.0 Å². The van der Waals surface area contributed by atoms with E-state index >= 15 is 8.78 Å². The van der Waals surface area contributed by atoms with E-state index in [9.17, 15) is 22.4 Å². The minimum atomic E-state index is -4.34.